The molecular formula is C25H24FN5O4. The molecule has 1 aromatic heterocycles. The Hall–Kier alpha value is -4.34. The molecule has 3 aromatic rings. The van der Waals surface area contributed by atoms with Crippen LogP contribution in [0.3, 0.4) is 0 Å². The second-order valence-electron chi connectivity index (χ2n) is 7.87. The number of hydrogen-bond donors (Lipinski definition) is 2. The number of rotatable bonds is 7. The van der Waals surface area contributed by atoms with Crippen molar-refractivity contribution in [2.24, 2.45) is 5.16 Å². The molecule has 0 saturated heterocycles. The highest BCUT2D eigenvalue weighted by molar-refractivity contribution is 6.02. The predicted molar refractivity (Wildman–Crippen MR) is 126 cm³/mol. The van der Waals surface area contributed by atoms with Gasteiger partial charge in [-0.15, -0.1) is 0 Å². The van der Waals surface area contributed by atoms with E-state index in [1.165, 1.54) is 19.2 Å². The van der Waals surface area contributed by atoms with Crippen molar-refractivity contribution >= 4 is 17.5 Å². The number of nitrogens with one attached hydrogen (secondary N) is 2. The monoisotopic (exact) mass is 477 g/mol. The van der Waals surface area contributed by atoms with E-state index in [1.807, 2.05) is 12.1 Å². The Balaban J connectivity index is 1.43. The van der Waals surface area contributed by atoms with Gasteiger partial charge in [-0.05, 0) is 48.4 Å². The average Bonchev–Trinajstić information content (AvgIpc) is 3.38. The molecule has 2 amide bonds. The minimum Gasteiger partial charge on any atom is -0.494 e. The van der Waals surface area contributed by atoms with Crippen molar-refractivity contribution in [1.29, 1.82) is 0 Å². The fourth-order valence-electron chi connectivity index (χ4n) is 3.62. The van der Waals surface area contributed by atoms with Gasteiger partial charge in [0.2, 0.25) is 0 Å². The van der Waals surface area contributed by atoms with Gasteiger partial charge in [-0.2, -0.15) is 0 Å². The highest BCUT2D eigenvalue weighted by Gasteiger charge is 2.26. The summed E-state index contributed by atoms with van der Waals surface area (Å²) in [5, 5.41) is 9.52. The summed E-state index contributed by atoms with van der Waals surface area (Å²) in [5.74, 6) is -0.521. The van der Waals surface area contributed by atoms with Crippen LogP contribution in [0.25, 0.3) is 0 Å². The second-order valence-corrected chi connectivity index (χ2v) is 7.87. The summed E-state index contributed by atoms with van der Waals surface area (Å²) in [6, 6.07) is 13.0. The molecule has 0 aliphatic carbocycles. The summed E-state index contributed by atoms with van der Waals surface area (Å²) in [5.41, 5.74) is 3.37. The first kappa shape index (κ1) is 23.8. The lowest BCUT2D eigenvalue weighted by Crippen LogP contribution is -2.25. The maximum absolute atomic E-state index is 13.6. The Labute approximate surface area is 201 Å². The molecular weight excluding hydrogens is 453 g/mol. The van der Waals surface area contributed by atoms with Gasteiger partial charge in [0.15, 0.2) is 17.7 Å². The van der Waals surface area contributed by atoms with Gasteiger partial charge in [0.05, 0.1) is 12.8 Å². The van der Waals surface area contributed by atoms with Crippen LogP contribution >= 0.6 is 0 Å². The van der Waals surface area contributed by atoms with E-state index in [2.05, 4.69) is 25.8 Å². The van der Waals surface area contributed by atoms with Crippen molar-refractivity contribution in [2.45, 2.75) is 26.0 Å². The zero-order chi connectivity index (χ0) is 24.9. The van der Waals surface area contributed by atoms with E-state index in [9.17, 15) is 14.0 Å². The van der Waals surface area contributed by atoms with E-state index in [0.717, 1.165) is 5.56 Å². The molecule has 0 radical (unpaired) electrons. The molecule has 2 N–H and O–H groups in total. The van der Waals surface area contributed by atoms with E-state index in [0.29, 0.717) is 34.8 Å². The van der Waals surface area contributed by atoms with E-state index in [1.54, 1.807) is 38.2 Å². The standard InChI is InChI=1S/C25H24FN5O4/c1-14-29-19(20-12-22(35-31-20)16-5-7-17(8-6-16)24(32)27-2)11-21(30-14)25(33)28-13-15-4-9-18(26)23(10-15)34-3/h4-11,22H,12-13H2,1-3H3,(H,27,32)(H,28,33). The van der Waals surface area contributed by atoms with Crippen molar-refractivity contribution in [3.8, 4) is 5.75 Å². The van der Waals surface area contributed by atoms with Gasteiger partial charge in [-0.25, -0.2) is 14.4 Å². The van der Waals surface area contributed by atoms with Gasteiger partial charge in [-0.1, -0.05) is 23.4 Å². The van der Waals surface area contributed by atoms with Crippen LogP contribution in [-0.2, 0) is 11.4 Å². The molecule has 0 spiro atoms. The van der Waals surface area contributed by atoms with E-state index < -0.39 is 11.7 Å². The Bertz CT molecular complexity index is 1290. The average molecular weight is 477 g/mol. The lowest BCUT2D eigenvalue weighted by atomic mass is 10.0. The number of carbonyl (C=O) groups excluding carboxylic acids is 2. The lowest BCUT2D eigenvalue weighted by molar-refractivity contribution is 0.0856. The molecule has 1 unspecified atom stereocenters. The molecule has 180 valence electrons. The van der Waals surface area contributed by atoms with Crippen molar-refractivity contribution in [3.63, 3.8) is 0 Å². The van der Waals surface area contributed by atoms with Crippen LogP contribution in [0.5, 0.6) is 5.75 Å². The molecule has 35 heavy (non-hydrogen) atoms. The van der Waals surface area contributed by atoms with Crippen LogP contribution < -0.4 is 15.4 Å². The molecule has 1 aliphatic heterocycles. The van der Waals surface area contributed by atoms with Crippen LogP contribution in [-0.4, -0.2) is 41.7 Å². The number of ether oxygens (including phenoxy) is 1. The SMILES string of the molecule is CNC(=O)c1ccc(C2CC(c3cc(C(=O)NCc4ccc(F)c(OC)c4)nc(C)n3)=NO2)cc1. The Morgan fingerprint density at radius 1 is 1.11 bits per heavy atom. The molecule has 1 aliphatic rings. The van der Waals surface area contributed by atoms with Gasteiger partial charge in [0.25, 0.3) is 11.8 Å². The van der Waals surface area contributed by atoms with Crippen molar-refractivity contribution < 1.29 is 23.6 Å². The number of halogens is 1. The third-order valence-electron chi connectivity index (χ3n) is 5.48. The second kappa shape index (κ2) is 10.3. The van der Waals surface area contributed by atoms with Crippen LogP contribution in [0.4, 0.5) is 4.39 Å². The first-order valence-corrected chi connectivity index (χ1v) is 10.9. The van der Waals surface area contributed by atoms with Crippen LogP contribution in [0.1, 0.15) is 56.0 Å². The summed E-state index contributed by atoms with van der Waals surface area (Å²) in [7, 11) is 2.96. The molecule has 0 bridgehead atoms. The Morgan fingerprint density at radius 3 is 2.60 bits per heavy atom. The van der Waals surface area contributed by atoms with Crippen LogP contribution in [0.15, 0.2) is 53.7 Å². The topological polar surface area (TPSA) is 115 Å². The first-order chi connectivity index (χ1) is 16.9. The minimum atomic E-state index is -0.473. The van der Waals surface area contributed by atoms with Crippen molar-refractivity contribution in [1.82, 2.24) is 20.6 Å². The Morgan fingerprint density at radius 2 is 1.89 bits per heavy atom. The first-order valence-electron chi connectivity index (χ1n) is 10.9. The number of aryl methyl sites for hydroxylation is 1. The van der Waals surface area contributed by atoms with Gasteiger partial charge in [-0.3, -0.25) is 9.59 Å². The number of carbonyl (C=O) groups is 2. The molecule has 1 atom stereocenters. The van der Waals surface area contributed by atoms with E-state index >= 15 is 0 Å². The lowest BCUT2D eigenvalue weighted by Gasteiger charge is -2.10. The third-order valence-corrected chi connectivity index (χ3v) is 5.48. The minimum absolute atomic E-state index is 0.106. The molecule has 4 rings (SSSR count). The number of benzene rings is 2. The molecule has 9 nitrogen and oxygen atoms in total. The van der Waals surface area contributed by atoms with Crippen LogP contribution in [0.2, 0.25) is 0 Å². The summed E-state index contributed by atoms with van der Waals surface area (Å²) < 4.78 is 18.6. The number of hydrogen-bond acceptors (Lipinski definition) is 7. The van der Waals surface area contributed by atoms with Gasteiger partial charge in [0, 0.05) is 25.6 Å². The maximum Gasteiger partial charge on any atom is 0.270 e. The van der Waals surface area contributed by atoms with Gasteiger partial charge >= 0.3 is 0 Å². The molecule has 2 heterocycles. The zero-order valence-electron chi connectivity index (χ0n) is 19.5. The van der Waals surface area contributed by atoms with Crippen molar-refractivity contribution in [3.05, 3.63) is 88.3 Å². The summed E-state index contributed by atoms with van der Waals surface area (Å²) in [6.45, 7) is 1.86. The maximum atomic E-state index is 13.6. The van der Waals surface area contributed by atoms with Crippen molar-refractivity contribution in [2.75, 3.05) is 14.2 Å². The summed E-state index contributed by atoms with van der Waals surface area (Å²) in [4.78, 5) is 38.7. The van der Waals surface area contributed by atoms with Gasteiger partial charge < -0.3 is 20.2 Å². The van der Waals surface area contributed by atoms with Crippen LogP contribution in [0, 0.1) is 12.7 Å². The fraction of sp³-hybridized carbons (Fsp3) is 0.240. The quantitative estimate of drug-likeness (QED) is 0.541. The normalized spacial score (nSPS) is 14.6. The van der Waals surface area contributed by atoms with Gasteiger partial charge in [0.1, 0.15) is 17.2 Å². The Kier molecular flexibility index (Phi) is 7.00. The third kappa shape index (κ3) is 5.43. The number of oxime groups is 1. The molecule has 2 aromatic carbocycles. The number of nitrogens with zero attached hydrogens (tertiary/aromatic N) is 3. The highest BCUT2D eigenvalue weighted by Crippen LogP contribution is 2.29. The molecule has 10 heteroatoms. The summed E-state index contributed by atoms with van der Waals surface area (Å²) >= 11 is 0. The molecule has 0 saturated carbocycles. The zero-order valence-corrected chi connectivity index (χ0v) is 19.5. The van der Waals surface area contributed by atoms with E-state index in [-0.39, 0.29) is 30.0 Å². The number of methoxy groups -OCH3 is 1. The number of aromatic nitrogens is 2. The number of amides is 2. The molecule has 0 fully saturated rings. The smallest absolute Gasteiger partial charge is 0.270 e. The highest BCUT2D eigenvalue weighted by atomic mass is 19.1. The fourth-order valence-corrected chi connectivity index (χ4v) is 3.62. The predicted octanol–water partition coefficient (Wildman–Crippen LogP) is 3.09. The summed E-state index contributed by atoms with van der Waals surface area (Å²) in [6.07, 6.45) is 0.122. The van der Waals surface area contributed by atoms with E-state index in [4.69, 9.17) is 9.57 Å². The largest absolute Gasteiger partial charge is 0.494 e.